The summed E-state index contributed by atoms with van der Waals surface area (Å²) in [6, 6.07) is 5.98. The van der Waals surface area contributed by atoms with Gasteiger partial charge in [-0.25, -0.2) is 9.78 Å². The second-order valence-electron chi connectivity index (χ2n) is 5.46. The number of rotatable bonds is 3. The SMILES string of the molecule is O=C(O)C(F)(F)F.c1cc(-c2cnn(Cc3ccoc3)c2)c2cc[nH]c2n1. The fourth-order valence-electron chi connectivity index (χ4n) is 2.37. The summed E-state index contributed by atoms with van der Waals surface area (Å²) in [5.41, 5.74) is 4.21. The van der Waals surface area contributed by atoms with Crippen LogP contribution in [0.5, 0.6) is 0 Å². The molecule has 4 aromatic rings. The number of aliphatic carboxylic acids is 1. The van der Waals surface area contributed by atoms with Gasteiger partial charge in [0.25, 0.3) is 0 Å². The molecule has 0 aromatic carbocycles. The normalized spacial score (nSPS) is 11.2. The van der Waals surface area contributed by atoms with E-state index in [1.165, 1.54) is 0 Å². The Labute approximate surface area is 150 Å². The lowest BCUT2D eigenvalue weighted by Gasteiger charge is -1.99. The molecule has 140 valence electrons. The molecule has 4 heterocycles. The monoisotopic (exact) mass is 378 g/mol. The van der Waals surface area contributed by atoms with E-state index in [1.54, 1.807) is 12.5 Å². The molecular formula is C17H13F3N4O3. The summed E-state index contributed by atoms with van der Waals surface area (Å²) in [7, 11) is 0. The predicted octanol–water partition coefficient (Wildman–Crippen LogP) is 3.70. The number of carbonyl (C=O) groups is 1. The molecule has 0 saturated carbocycles. The summed E-state index contributed by atoms with van der Waals surface area (Å²) >= 11 is 0. The van der Waals surface area contributed by atoms with Crippen LogP contribution in [0.3, 0.4) is 0 Å². The molecule has 0 bridgehead atoms. The van der Waals surface area contributed by atoms with Crippen molar-refractivity contribution in [1.29, 1.82) is 0 Å². The third-order valence-electron chi connectivity index (χ3n) is 3.57. The highest BCUT2D eigenvalue weighted by Crippen LogP contribution is 2.26. The number of aromatic nitrogens is 4. The van der Waals surface area contributed by atoms with Gasteiger partial charge in [-0.2, -0.15) is 18.3 Å². The summed E-state index contributed by atoms with van der Waals surface area (Å²) in [5.74, 6) is -2.76. The quantitative estimate of drug-likeness (QED) is 0.567. The number of H-pyrrole nitrogens is 1. The lowest BCUT2D eigenvalue weighted by molar-refractivity contribution is -0.192. The van der Waals surface area contributed by atoms with Crippen molar-refractivity contribution in [1.82, 2.24) is 19.7 Å². The first-order valence-corrected chi connectivity index (χ1v) is 7.60. The Kier molecular flexibility index (Phi) is 4.97. The van der Waals surface area contributed by atoms with Crippen molar-refractivity contribution in [3.8, 4) is 11.1 Å². The van der Waals surface area contributed by atoms with Gasteiger partial charge in [-0.05, 0) is 23.8 Å². The zero-order valence-corrected chi connectivity index (χ0v) is 13.6. The molecule has 0 fully saturated rings. The van der Waals surface area contributed by atoms with Gasteiger partial charge in [0.05, 0.1) is 25.3 Å². The minimum absolute atomic E-state index is 0.706. The summed E-state index contributed by atoms with van der Waals surface area (Å²) < 4.78 is 38.7. The van der Waals surface area contributed by atoms with Crippen LogP contribution in [0.25, 0.3) is 22.2 Å². The van der Waals surface area contributed by atoms with Gasteiger partial charge >= 0.3 is 12.1 Å². The van der Waals surface area contributed by atoms with Crippen LogP contribution in [0, 0.1) is 0 Å². The molecule has 4 rings (SSSR count). The van der Waals surface area contributed by atoms with Gasteiger partial charge < -0.3 is 14.5 Å². The molecule has 2 N–H and O–H groups in total. The number of carboxylic acid groups (broad SMARTS) is 1. The van der Waals surface area contributed by atoms with Crippen LogP contribution in [0.1, 0.15) is 5.56 Å². The zero-order chi connectivity index (χ0) is 19.4. The number of pyridine rings is 1. The van der Waals surface area contributed by atoms with E-state index in [4.69, 9.17) is 14.3 Å². The Bertz CT molecular complexity index is 1040. The van der Waals surface area contributed by atoms with E-state index in [0.29, 0.717) is 6.54 Å². The maximum Gasteiger partial charge on any atom is 0.490 e. The third-order valence-corrected chi connectivity index (χ3v) is 3.57. The summed E-state index contributed by atoms with van der Waals surface area (Å²) in [5, 5.41) is 12.6. The molecule has 0 atom stereocenters. The largest absolute Gasteiger partial charge is 0.490 e. The van der Waals surface area contributed by atoms with Crippen molar-refractivity contribution >= 4 is 17.0 Å². The van der Waals surface area contributed by atoms with E-state index in [0.717, 1.165) is 27.7 Å². The number of alkyl halides is 3. The number of furan rings is 1. The lowest BCUT2D eigenvalue weighted by atomic mass is 10.1. The average molecular weight is 378 g/mol. The Hall–Kier alpha value is -3.56. The van der Waals surface area contributed by atoms with Crippen molar-refractivity contribution < 1.29 is 27.5 Å². The Morgan fingerprint density at radius 3 is 2.74 bits per heavy atom. The molecule has 10 heteroatoms. The molecule has 0 unspecified atom stereocenters. The number of halogens is 3. The zero-order valence-electron chi connectivity index (χ0n) is 13.6. The number of nitrogens with zero attached hydrogens (tertiary/aromatic N) is 3. The number of carboxylic acids is 1. The van der Waals surface area contributed by atoms with Crippen molar-refractivity contribution in [3.05, 3.63) is 61.1 Å². The smallest absolute Gasteiger partial charge is 0.475 e. The van der Waals surface area contributed by atoms with E-state index >= 15 is 0 Å². The second kappa shape index (κ2) is 7.36. The topological polar surface area (TPSA) is 96.9 Å². The highest BCUT2D eigenvalue weighted by Gasteiger charge is 2.38. The number of nitrogens with one attached hydrogen (secondary N) is 1. The van der Waals surface area contributed by atoms with Crippen molar-refractivity contribution in [2.45, 2.75) is 12.7 Å². The molecule has 0 amide bonds. The number of aromatic amines is 1. The van der Waals surface area contributed by atoms with E-state index < -0.39 is 12.1 Å². The minimum atomic E-state index is -5.08. The predicted molar refractivity (Wildman–Crippen MR) is 88.8 cm³/mol. The maximum atomic E-state index is 10.6. The van der Waals surface area contributed by atoms with Gasteiger partial charge in [0, 0.05) is 35.1 Å². The molecule has 4 aromatic heterocycles. The van der Waals surface area contributed by atoms with Gasteiger partial charge in [-0.3, -0.25) is 4.68 Å². The highest BCUT2D eigenvalue weighted by molar-refractivity contribution is 5.92. The first-order valence-electron chi connectivity index (χ1n) is 7.60. The summed E-state index contributed by atoms with van der Waals surface area (Å²) in [6.07, 6.45) is 5.94. The number of fused-ring (bicyclic) bond motifs is 1. The first-order chi connectivity index (χ1) is 12.8. The van der Waals surface area contributed by atoms with Gasteiger partial charge in [-0.1, -0.05) is 0 Å². The Morgan fingerprint density at radius 1 is 1.30 bits per heavy atom. The second-order valence-corrected chi connectivity index (χ2v) is 5.46. The van der Waals surface area contributed by atoms with Crippen LogP contribution >= 0.6 is 0 Å². The standard InChI is InChI=1S/C15H12N4O.C2HF3O2/c1-4-16-15-14(2-5-17-15)13(1)12-7-18-19(9-12)8-11-3-6-20-10-11;3-2(4,5)1(6)7/h1-7,9-10H,8H2,(H,16,17);(H,6,7). The summed E-state index contributed by atoms with van der Waals surface area (Å²) in [6.45, 7) is 0.706. The lowest BCUT2D eigenvalue weighted by Crippen LogP contribution is -2.21. The van der Waals surface area contributed by atoms with Gasteiger partial charge in [0.15, 0.2) is 0 Å². The fraction of sp³-hybridized carbons (Fsp3) is 0.118. The average Bonchev–Trinajstić information content (AvgIpc) is 3.36. The highest BCUT2D eigenvalue weighted by atomic mass is 19.4. The van der Waals surface area contributed by atoms with E-state index in [2.05, 4.69) is 15.1 Å². The van der Waals surface area contributed by atoms with Crippen LogP contribution in [0.4, 0.5) is 13.2 Å². The Morgan fingerprint density at radius 2 is 2.07 bits per heavy atom. The molecule has 0 aliphatic rings. The summed E-state index contributed by atoms with van der Waals surface area (Å²) in [4.78, 5) is 16.3. The molecule has 7 nitrogen and oxygen atoms in total. The van der Waals surface area contributed by atoms with Crippen LogP contribution in [0.15, 0.2) is 59.9 Å². The van der Waals surface area contributed by atoms with Crippen molar-refractivity contribution in [3.63, 3.8) is 0 Å². The third kappa shape index (κ3) is 4.35. The van der Waals surface area contributed by atoms with Gasteiger partial charge in [-0.15, -0.1) is 0 Å². The molecule has 0 spiro atoms. The molecule has 0 aliphatic carbocycles. The maximum absolute atomic E-state index is 10.6. The number of hydrogen-bond donors (Lipinski definition) is 2. The molecular weight excluding hydrogens is 365 g/mol. The minimum Gasteiger partial charge on any atom is -0.475 e. The van der Waals surface area contributed by atoms with E-state index in [1.807, 2.05) is 47.7 Å². The van der Waals surface area contributed by atoms with Crippen LogP contribution in [-0.4, -0.2) is 37.0 Å². The van der Waals surface area contributed by atoms with Crippen LogP contribution in [-0.2, 0) is 11.3 Å². The molecule has 0 saturated heterocycles. The van der Waals surface area contributed by atoms with Gasteiger partial charge in [0.2, 0.25) is 0 Å². The first kappa shape index (κ1) is 18.2. The molecule has 0 radical (unpaired) electrons. The Balaban J connectivity index is 0.000000260. The van der Waals surface area contributed by atoms with E-state index in [-0.39, 0.29) is 0 Å². The number of hydrogen-bond acceptors (Lipinski definition) is 4. The molecule has 0 aliphatic heterocycles. The van der Waals surface area contributed by atoms with Gasteiger partial charge in [0.1, 0.15) is 5.65 Å². The molecule has 27 heavy (non-hydrogen) atoms. The van der Waals surface area contributed by atoms with Crippen LogP contribution < -0.4 is 0 Å². The van der Waals surface area contributed by atoms with Crippen molar-refractivity contribution in [2.75, 3.05) is 0 Å². The fourth-order valence-corrected chi connectivity index (χ4v) is 2.37. The van der Waals surface area contributed by atoms with Crippen LogP contribution in [0.2, 0.25) is 0 Å². The van der Waals surface area contributed by atoms with Crippen molar-refractivity contribution in [2.24, 2.45) is 0 Å². The van der Waals surface area contributed by atoms with E-state index in [9.17, 15) is 13.2 Å².